The van der Waals surface area contributed by atoms with Gasteiger partial charge in [0.2, 0.25) is 0 Å². The van der Waals surface area contributed by atoms with Crippen LogP contribution in [-0.4, -0.2) is 52.6 Å². The molecule has 2 N–H and O–H groups in total. The smallest absolute Gasteiger partial charge is 0.191 e. The second kappa shape index (κ2) is 11.4. The van der Waals surface area contributed by atoms with Crippen molar-refractivity contribution in [2.75, 3.05) is 32.2 Å². The van der Waals surface area contributed by atoms with E-state index in [2.05, 4.69) is 15.6 Å². The number of hydrogen-bond acceptors (Lipinski definition) is 4. The molecule has 0 aliphatic carbocycles. The zero-order valence-corrected chi connectivity index (χ0v) is 17.5. The van der Waals surface area contributed by atoms with Crippen LogP contribution in [0.4, 0.5) is 8.78 Å². The lowest BCUT2D eigenvalue weighted by Gasteiger charge is -2.17. The van der Waals surface area contributed by atoms with Crippen LogP contribution in [0.2, 0.25) is 0 Å². The Balaban J connectivity index is 0.00000576. The highest BCUT2D eigenvalue weighted by molar-refractivity contribution is 14.0. The van der Waals surface area contributed by atoms with Gasteiger partial charge in [-0.2, -0.15) is 0 Å². The fourth-order valence-corrected chi connectivity index (χ4v) is 2.60. The first-order valence-electron chi connectivity index (χ1n) is 7.44. The normalized spacial score (nSPS) is 12.9. The van der Waals surface area contributed by atoms with Crippen LogP contribution in [0, 0.1) is 11.6 Å². The van der Waals surface area contributed by atoms with Gasteiger partial charge in [0.05, 0.1) is 12.3 Å². The molecule has 0 heterocycles. The number of aliphatic imine (C=N–C) groups is 1. The summed E-state index contributed by atoms with van der Waals surface area (Å²) >= 11 is 0. The molecule has 0 aromatic heterocycles. The van der Waals surface area contributed by atoms with E-state index in [1.54, 1.807) is 7.05 Å². The number of hydrogen-bond donors (Lipinski definition) is 2. The van der Waals surface area contributed by atoms with Crippen molar-refractivity contribution in [3.8, 4) is 5.75 Å². The van der Waals surface area contributed by atoms with E-state index in [0.717, 1.165) is 12.1 Å². The van der Waals surface area contributed by atoms with Crippen LogP contribution in [0.25, 0.3) is 0 Å². The molecule has 1 aromatic carbocycles. The molecule has 0 fully saturated rings. The van der Waals surface area contributed by atoms with E-state index in [1.165, 1.54) is 12.3 Å². The summed E-state index contributed by atoms with van der Waals surface area (Å²) in [5.74, 6) is -0.870. The summed E-state index contributed by atoms with van der Waals surface area (Å²) in [6.45, 7) is 2.35. The number of halogens is 3. The van der Waals surface area contributed by atoms with Crippen molar-refractivity contribution in [2.24, 2.45) is 4.99 Å². The van der Waals surface area contributed by atoms with Gasteiger partial charge in [-0.1, -0.05) is 0 Å². The molecule has 1 atom stereocenters. The lowest BCUT2D eigenvalue weighted by Crippen LogP contribution is -2.44. The van der Waals surface area contributed by atoms with Gasteiger partial charge in [0.15, 0.2) is 17.5 Å². The summed E-state index contributed by atoms with van der Waals surface area (Å²) in [6.07, 6.45) is 1.65. The molecule has 6 nitrogen and oxygen atoms in total. The Labute approximate surface area is 164 Å². The van der Waals surface area contributed by atoms with Crippen molar-refractivity contribution in [1.82, 2.24) is 10.6 Å². The zero-order valence-electron chi connectivity index (χ0n) is 14.4. The molecule has 25 heavy (non-hydrogen) atoms. The van der Waals surface area contributed by atoms with Crippen molar-refractivity contribution in [3.63, 3.8) is 0 Å². The van der Waals surface area contributed by atoms with Gasteiger partial charge < -0.3 is 15.4 Å². The molecule has 0 bridgehead atoms. The summed E-state index contributed by atoms with van der Waals surface area (Å²) in [5.41, 5.74) is 0. The maximum absolute atomic E-state index is 13.4. The van der Waals surface area contributed by atoms with Gasteiger partial charge in [-0.05, 0) is 25.5 Å². The van der Waals surface area contributed by atoms with Gasteiger partial charge >= 0.3 is 0 Å². The molecule has 0 amide bonds. The van der Waals surface area contributed by atoms with E-state index in [9.17, 15) is 17.2 Å². The van der Waals surface area contributed by atoms with Crippen LogP contribution in [-0.2, 0) is 9.84 Å². The van der Waals surface area contributed by atoms with Crippen molar-refractivity contribution >= 4 is 39.8 Å². The Hall–Kier alpha value is -1.17. The monoisotopic (exact) mass is 491 g/mol. The van der Waals surface area contributed by atoms with E-state index in [4.69, 9.17) is 4.74 Å². The molecular formula is C15H24F2IN3O3S. The number of guanidine groups is 1. The van der Waals surface area contributed by atoms with Gasteiger partial charge in [0.25, 0.3) is 0 Å². The molecule has 0 saturated carbocycles. The topological polar surface area (TPSA) is 79.8 Å². The Morgan fingerprint density at radius 3 is 2.60 bits per heavy atom. The minimum absolute atomic E-state index is 0. The maximum atomic E-state index is 13.4. The van der Waals surface area contributed by atoms with Crippen molar-refractivity contribution in [1.29, 1.82) is 0 Å². The predicted molar refractivity (Wildman–Crippen MR) is 106 cm³/mol. The van der Waals surface area contributed by atoms with E-state index in [-0.39, 0.29) is 48.1 Å². The molecule has 10 heteroatoms. The van der Waals surface area contributed by atoms with Crippen LogP contribution in [0.1, 0.15) is 13.3 Å². The summed E-state index contributed by atoms with van der Waals surface area (Å²) in [4.78, 5) is 4.01. The average Bonchev–Trinajstić information content (AvgIpc) is 2.49. The molecular weight excluding hydrogens is 467 g/mol. The highest BCUT2D eigenvalue weighted by Gasteiger charge is 2.09. The first-order chi connectivity index (χ1) is 11.2. The van der Waals surface area contributed by atoms with Crippen LogP contribution in [0.3, 0.4) is 0 Å². The van der Waals surface area contributed by atoms with E-state index >= 15 is 0 Å². The maximum Gasteiger partial charge on any atom is 0.191 e. The third-order valence-electron chi connectivity index (χ3n) is 3.07. The predicted octanol–water partition coefficient (Wildman–Crippen LogP) is 1.95. The highest BCUT2D eigenvalue weighted by Crippen LogP contribution is 2.17. The quantitative estimate of drug-likeness (QED) is 0.252. The molecule has 0 saturated heterocycles. The standard InChI is InChI=1S/C15H23F2N3O3S.HI/c1-11(6-9-24(3,21)22)20-15(18-2)19-7-8-23-14-5-4-12(16)10-13(14)17;/h4-5,10-11H,6-9H2,1-3H3,(H2,18,19,20);1H. The second-order valence-corrected chi connectivity index (χ2v) is 7.65. The van der Waals surface area contributed by atoms with Gasteiger partial charge in [-0.3, -0.25) is 4.99 Å². The first kappa shape index (κ1) is 23.8. The summed E-state index contributed by atoms with van der Waals surface area (Å²) in [5, 5.41) is 6.02. The summed E-state index contributed by atoms with van der Waals surface area (Å²) < 4.78 is 53.7. The third-order valence-corrected chi connectivity index (χ3v) is 4.05. The van der Waals surface area contributed by atoms with Crippen molar-refractivity contribution < 1.29 is 21.9 Å². The third kappa shape index (κ3) is 10.4. The van der Waals surface area contributed by atoms with Crippen LogP contribution in [0.15, 0.2) is 23.2 Å². The molecule has 1 unspecified atom stereocenters. The van der Waals surface area contributed by atoms with E-state index < -0.39 is 21.5 Å². The molecule has 0 aliphatic heterocycles. The molecule has 0 radical (unpaired) electrons. The number of nitrogens with zero attached hydrogens (tertiary/aromatic N) is 1. The fourth-order valence-electron chi connectivity index (χ4n) is 1.81. The van der Waals surface area contributed by atoms with Gasteiger partial charge in [-0.25, -0.2) is 17.2 Å². The number of sulfone groups is 1. The average molecular weight is 491 g/mol. The number of ether oxygens (including phenoxy) is 1. The van der Waals surface area contributed by atoms with Crippen molar-refractivity contribution in [3.05, 3.63) is 29.8 Å². The van der Waals surface area contributed by atoms with Crippen LogP contribution >= 0.6 is 24.0 Å². The van der Waals surface area contributed by atoms with Gasteiger partial charge in [-0.15, -0.1) is 24.0 Å². The summed E-state index contributed by atoms with van der Waals surface area (Å²) in [7, 11) is -1.42. The largest absolute Gasteiger partial charge is 0.489 e. The fraction of sp³-hybridized carbons (Fsp3) is 0.533. The second-order valence-electron chi connectivity index (χ2n) is 5.39. The lowest BCUT2D eigenvalue weighted by molar-refractivity contribution is 0.304. The molecule has 144 valence electrons. The SMILES string of the molecule is CN=C(NCCOc1ccc(F)cc1F)NC(C)CCS(C)(=O)=O.I. The molecule has 1 aromatic rings. The molecule has 0 aliphatic rings. The Morgan fingerprint density at radius 2 is 2.04 bits per heavy atom. The Bertz CT molecular complexity index is 672. The van der Waals surface area contributed by atoms with Crippen LogP contribution < -0.4 is 15.4 Å². The summed E-state index contributed by atoms with van der Waals surface area (Å²) in [6, 6.07) is 3.02. The Kier molecular flexibility index (Phi) is 10.9. The minimum Gasteiger partial charge on any atom is -0.489 e. The molecule has 1 rings (SSSR count). The van der Waals surface area contributed by atoms with Crippen molar-refractivity contribution in [2.45, 2.75) is 19.4 Å². The Morgan fingerprint density at radius 1 is 1.36 bits per heavy atom. The first-order valence-corrected chi connectivity index (χ1v) is 9.50. The highest BCUT2D eigenvalue weighted by atomic mass is 127. The number of nitrogens with one attached hydrogen (secondary N) is 2. The number of benzene rings is 1. The lowest BCUT2D eigenvalue weighted by atomic mass is 10.3. The van der Waals surface area contributed by atoms with Gasteiger partial charge in [0.1, 0.15) is 22.3 Å². The molecule has 0 spiro atoms. The number of rotatable bonds is 8. The van der Waals surface area contributed by atoms with Gasteiger partial charge in [0, 0.05) is 25.4 Å². The minimum atomic E-state index is -3.00. The van der Waals surface area contributed by atoms with Crippen LogP contribution in [0.5, 0.6) is 5.75 Å². The zero-order chi connectivity index (χ0) is 18.2. The van der Waals surface area contributed by atoms with E-state index in [0.29, 0.717) is 18.9 Å². The van der Waals surface area contributed by atoms with E-state index in [1.807, 2.05) is 6.92 Å².